The van der Waals surface area contributed by atoms with Gasteiger partial charge in [0.2, 0.25) is 0 Å². The largest absolute Gasteiger partial charge is 0.462 e. The maximum atomic E-state index is 9.07. The maximum Gasteiger partial charge on any atom is 0.129 e. The molecule has 2 rings (SSSR count). The van der Waals surface area contributed by atoms with Gasteiger partial charge in [-0.25, -0.2) is 0 Å². The molecule has 1 aromatic heterocycles. The van der Waals surface area contributed by atoms with Crippen molar-refractivity contribution in [3.05, 3.63) is 23.7 Å². The maximum absolute atomic E-state index is 9.07. The Kier molecular flexibility index (Phi) is 5.46. The van der Waals surface area contributed by atoms with E-state index < -0.39 is 0 Å². The van der Waals surface area contributed by atoms with Crippen molar-refractivity contribution in [1.82, 2.24) is 4.90 Å². The number of furan rings is 1. The Morgan fingerprint density at radius 3 is 2.53 bits per heavy atom. The molecule has 0 saturated heterocycles. The van der Waals surface area contributed by atoms with Gasteiger partial charge < -0.3 is 9.52 Å². The van der Waals surface area contributed by atoms with Crippen LogP contribution in [0.4, 0.5) is 0 Å². The van der Waals surface area contributed by atoms with Crippen LogP contribution in [-0.2, 0) is 13.2 Å². The van der Waals surface area contributed by atoms with Crippen molar-refractivity contribution >= 4 is 0 Å². The van der Waals surface area contributed by atoms with E-state index in [2.05, 4.69) is 18.7 Å². The first-order valence-electron chi connectivity index (χ1n) is 7.61. The summed E-state index contributed by atoms with van der Waals surface area (Å²) in [6, 6.07) is 4.61. The Labute approximate surface area is 116 Å². The molecule has 1 saturated carbocycles. The molecular weight excluding hydrogens is 238 g/mol. The van der Waals surface area contributed by atoms with Gasteiger partial charge in [0.15, 0.2) is 0 Å². The summed E-state index contributed by atoms with van der Waals surface area (Å²) in [7, 11) is 0. The average molecular weight is 265 g/mol. The van der Waals surface area contributed by atoms with E-state index in [4.69, 9.17) is 9.52 Å². The summed E-state index contributed by atoms with van der Waals surface area (Å²) in [5.74, 6) is 2.40. The van der Waals surface area contributed by atoms with Gasteiger partial charge >= 0.3 is 0 Å². The lowest BCUT2D eigenvalue weighted by Crippen LogP contribution is -2.34. The average Bonchev–Trinajstić information content (AvgIpc) is 3.05. The standard InChI is InChI=1S/C16H27NO2/c1-13(2)9-10-17(14-5-3-4-6-14)11-15-7-8-16(12-18)19-15/h7-8,13-14,18H,3-6,9-12H2,1-2H3. The predicted molar refractivity (Wildman–Crippen MR) is 76.8 cm³/mol. The molecule has 0 aromatic carbocycles. The second-order valence-electron chi connectivity index (χ2n) is 6.12. The summed E-state index contributed by atoms with van der Waals surface area (Å²) in [6.07, 6.45) is 6.62. The quantitative estimate of drug-likeness (QED) is 0.819. The third-order valence-corrected chi connectivity index (χ3v) is 4.07. The van der Waals surface area contributed by atoms with Gasteiger partial charge in [-0.05, 0) is 43.9 Å². The zero-order chi connectivity index (χ0) is 13.7. The predicted octanol–water partition coefficient (Wildman–Crippen LogP) is 3.56. The second-order valence-corrected chi connectivity index (χ2v) is 6.12. The summed E-state index contributed by atoms with van der Waals surface area (Å²) >= 11 is 0. The number of hydrogen-bond acceptors (Lipinski definition) is 3. The van der Waals surface area contributed by atoms with Crippen LogP contribution >= 0.6 is 0 Å². The van der Waals surface area contributed by atoms with Crippen molar-refractivity contribution in [2.75, 3.05) is 6.54 Å². The van der Waals surface area contributed by atoms with Gasteiger partial charge in [0, 0.05) is 6.04 Å². The topological polar surface area (TPSA) is 36.6 Å². The summed E-state index contributed by atoms with van der Waals surface area (Å²) < 4.78 is 5.64. The minimum Gasteiger partial charge on any atom is -0.462 e. The van der Waals surface area contributed by atoms with E-state index in [0.29, 0.717) is 5.76 Å². The van der Waals surface area contributed by atoms with Crippen LogP contribution in [0.5, 0.6) is 0 Å². The van der Waals surface area contributed by atoms with Crippen molar-refractivity contribution in [3.63, 3.8) is 0 Å². The lowest BCUT2D eigenvalue weighted by atomic mass is 10.1. The third-order valence-electron chi connectivity index (χ3n) is 4.07. The normalized spacial score (nSPS) is 16.9. The van der Waals surface area contributed by atoms with Gasteiger partial charge in [0.05, 0.1) is 6.54 Å². The highest BCUT2D eigenvalue weighted by Crippen LogP contribution is 2.26. The molecule has 1 N–H and O–H groups in total. The number of aliphatic hydroxyl groups excluding tert-OH is 1. The fraction of sp³-hybridized carbons (Fsp3) is 0.750. The van der Waals surface area contributed by atoms with Crippen LogP contribution in [0.25, 0.3) is 0 Å². The zero-order valence-electron chi connectivity index (χ0n) is 12.3. The van der Waals surface area contributed by atoms with Crippen LogP contribution in [-0.4, -0.2) is 22.6 Å². The number of rotatable bonds is 7. The van der Waals surface area contributed by atoms with Crippen molar-refractivity contribution in [2.45, 2.75) is 65.1 Å². The lowest BCUT2D eigenvalue weighted by molar-refractivity contribution is 0.162. The molecule has 19 heavy (non-hydrogen) atoms. The highest BCUT2D eigenvalue weighted by atomic mass is 16.4. The monoisotopic (exact) mass is 265 g/mol. The molecule has 0 aliphatic heterocycles. The fourth-order valence-corrected chi connectivity index (χ4v) is 2.88. The first kappa shape index (κ1) is 14.6. The summed E-state index contributed by atoms with van der Waals surface area (Å²) in [4.78, 5) is 2.58. The van der Waals surface area contributed by atoms with Crippen molar-refractivity contribution in [3.8, 4) is 0 Å². The van der Waals surface area contributed by atoms with Gasteiger partial charge in [-0.15, -0.1) is 0 Å². The number of nitrogens with zero attached hydrogens (tertiary/aromatic N) is 1. The molecular formula is C16H27NO2. The SMILES string of the molecule is CC(C)CCN(Cc1ccc(CO)o1)C1CCCC1. The zero-order valence-corrected chi connectivity index (χ0v) is 12.3. The van der Waals surface area contributed by atoms with Gasteiger partial charge in [0.1, 0.15) is 18.1 Å². The smallest absolute Gasteiger partial charge is 0.129 e. The molecule has 3 nitrogen and oxygen atoms in total. The van der Waals surface area contributed by atoms with Crippen LogP contribution in [0.3, 0.4) is 0 Å². The Bertz CT molecular complexity index is 367. The Morgan fingerprint density at radius 2 is 1.95 bits per heavy atom. The molecule has 1 heterocycles. The number of hydrogen-bond donors (Lipinski definition) is 1. The van der Waals surface area contributed by atoms with Crippen LogP contribution in [0.1, 0.15) is 57.5 Å². The van der Waals surface area contributed by atoms with Crippen LogP contribution in [0.2, 0.25) is 0 Å². The van der Waals surface area contributed by atoms with E-state index in [-0.39, 0.29) is 6.61 Å². The highest BCUT2D eigenvalue weighted by molar-refractivity contribution is 5.06. The van der Waals surface area contributed by atoms with Gasteiger partial charge in [-0.1, -0.05) is 26.7 Å². The molecule has 1 aromatic rings. The van der Waals surface area contributed by atoms with E-state index in [9.17, 15) is 0 Å². The summed E-state index contributed by atoms with van der Waals surface area (Å²) in [5.41, 5.74) is 0. The van der Waals surface area contributed by atoms with E-state index in [0.717, 1.165) is 30.8 Å². The molecule has 0 atom stereocenters. The molecule has 0 radical (unpaired) electrons. The van der Waals surface area contributed by atoms with Crippen LogP contribution in [0.15, 0.2) is 16.5 Å². The van der Waals surface area contributed by atoms with Crippen molar-refractivity contribution in [2.24, 2.45) is 5.92 Å². The van der Waals surface area contributed by atoms with Gasteiger partial charge in [-0.2, -0.15) is 0 Å². The van der Waals surface area contributed by atoms with Crippen LogP contribution in [0, 0.1) is 5.92 Å². The molecule has 0 bridgehead atoms. The molecule has 108 valence electrons. The molecule has 3 heteroatoms. The molecule has 1 aliphatic carbocycles. The molecule has 1 aliphatic rings. The summed E-state index contributed by atoms with van der Waals surface area (Å²) in [6.45, 7) is 6.59. The lowest BCUT2D eigenvalue weighted by Gasteiger charge is -2.28. The van der Waals surface area contributed by atoms with Gasteiger partial charge in [0.25, 0.3) is 0 Å². The van der Waals surface area contributed by atoms with E-state index >= 15 is 0 Å². The Morgan fingerprint density at radius 1 is 1.26 bits per heavy atom. The first-order valence-corrected chi connectivity index (χ1v) is 7.61. The molecule has 0 unspecified atom stereocenters. The minimum absolute atomic E-state index is 0.00454. The second kappa shape index (κ2) is 7.11. The fourth-order valence-electron chi connectivity index (χ4n) is 2.88. The minimum atomic E-state index is -0.00454. The van der Waals surface area contributed by atoms with Gasteiger partial charge in [-0.3, -0.25) is 4.90 Å². The summed E-state index contributed by atoms with van der Waals surface area (Å²) in [5, 5.41) is 9.07. The Hall–Kier alpha value is -0.800. The molecule has 0 spiro atoms. The number of aliphatic hydroxyl groups is 1. The van der Waals surface area contributed by atoms with Crippen molar-refractivity contribution < 1.29 is 9.52 Å². The van der Waals surface area contributed by atoms with Crippen molar-refractivity contribution in [1.29, 1.82) is 0 Å². The molecule has 0 amide bonds. The molecule has 1 fully saturated rings. The third kappa shape index (κ3) is 4.36. The van der Waals surface area contributed by atoms with Crippen LogP contribution < -0.4 is 0 Å². The first-order chi connectivity index (χ1) is 9.19. The van der Waals surface area contributed by atoms with E-state index in [1.807, 2.05) is 12.1 Å². The Balaban J connectivity index is 1.95. The highest BCUT2D eigenvalue weighted by Gasteiger charge is 2.23. The van der Waals surface area contributed by atoms with E-state index in [1.165, 1.54) is 32.1 Å². The van der Waals surface area contributed by atoms with E-state index in [1.54, 1.807) is 0 Å².